The number of hydrogen-bond acceptors (Lipinski definition) is 7. The smallest absolute Gasteiger partial charge is 0.159 e. The Bertz CT molecular complexity index is 886. The molecule has 1 aliphatic rings. The molecule has 0 aliphatic carbocycles. The molecule has 3 aromatic heterocycles. The summed E-state index contributed by atoms with van der Waals surface area (Å²) in [4.78, 5) is 11.6. The molecule has 0 unspecified atom stereocenters. The van der Waals surface area contributed by atoms with E-state index in [1.165, 1.54) is 15.8 Å². The standard InChI is InChI=1S/C15H17N5OS2/c1-8-9(2)23-15-13(8)14(16-10(3)17-15)22-7-12-19-18-11-6-21-5-4-20(11)12/h4-7H2,1-3H3. The molecule has 4 heterocycles. The number of hydrogen-bond donors (Lipinski definition) is 0. The number of ether oxygens (including phenoxy) is 1. The fraction of sp³-hybridized carbons (Fsp3) is 0.467. The van der Waals surface area contributed by atoms with Crippen LogP contribution in [0.1, 0.15) is 27.9 Å². The summed E-state index contributed by atoms with van der Waals surface area (Å²) in [7, 11) is 0. The molecular weight excluding hydrogens is 330 g/mol. The predicted molar refractivity (Wildman–Crippen MR) is 90.9 cm³/mol. The molecule has 0 saturated heterocycles. The van der Waals surface area contributed by atoms with Gasteiger partial charge in [0.05, 0.1) is 12.4 Å². The summed E-state index contributed by atoms with van der Waals surface area (Å²) in [6, 6.07) is 0. The Morgan fingerprint density at radius 1 is 1.22 bits per heavy atom. The van der Waals surface area contributed by atoms with Gasteiger partial charge in [-0.05, 0) is 26.3 Å². The predicted octanol–water partition coefficient (Wildman–Crippen LogP) is 3.03. The van der Waals surface area contributed by atoms with Crippen molar-refractivity contribution in [2.24, 2.45) is 0 Å². The monoisotopic (exact) mass is 347 g/mol. The van der Waals surface area contributed by atoms with Gasteiger partial charge in [-0.3, -0.25) is 0 Å². The van der Waals surface area contributed by atoms with Gasteiger partial charge in [-0.25, -0.2) is 9.97 Å². The molecule has 0 amide bonds. The summed E-state index contributed by atoms with van der Waals surface area (Å²) < 4.78 is 7.57. The van der Waals surface area contributed by atoms with E-state index in [0.717, 1.165) is 46.2 Å². The quantitative estimate of drug-likeness (QED) is 0.536. The highest BCUT2D eigenvalue weighted by atomic mass is 32.2. The van der Waals surface area contributed by atoms with E-state index in [9.17, 15) is 0 Å². The summed E-state index contributed by atoms with van der Waals surface area (Å²) in [6.45, 7) is 8.34. The van der Waals surface area contributed by atoms with E-state index in [-0.39, 0.29) is 0 Å². The van der Waals surface area contributed by atoms with Crippen LogP contribution in [0.3, 0.4) is 0 Å². The number of aromatic nitrogens is 5. The minimum atomic E-state index is 0.553. The third-order valence-electron chi connectivity index (χ3n) is 4.04. The first-order valence-electron chi connectivity index (χ1n) is 7.49. The molecule has 23 heavy (non-hydrogen) atoms. The van der Waals surface area contributed by atoms with Crippen LogP contribution >= 0.6 is 23.1 Å². The van der Waals surface area contributed by atoms with Gasteiger partial charge in [0.1, 0.15) is 28.1 Å². The average molecular weight is 347 g/mol. The lowest BCUT2D eigenvalue weighted by molar-refractivity contribution is 0.0808. The van der Waals surface area contributed by atoms with Crippen LogP contribution in [0.2, 0.25) is 0 Å². The van der Waals surface area contributed by atoms with Crippen molar-refractivity contribution >= 4 is 33.3 Å². The van der Waals surface area contributed by atoms with Crippen molar-refractivity contribution in [1.82, 2.24) is 24.7 Å². The van der Waals surface area contributed by atoms with Crippen molar-refractivity contribution in [2.75, 3.05) is 6.61 Å². The molecule has 0 bridgehead atoms. The lowest BCUT2D eigenvalue weighted by Gasteiger charge is -2.15. The molecule has 0 N–H and O–H groups in total. The number of nitrogens with zero attached hydrogens (tertiary/aromatic N) is 5. The third-order valence-corrected chi connectivity index (χ3v) is 6.11. The van der Waals surface area contributed by atoms with Crippen LogP contribution in [0.5, 0.6) is 0 Å². The van der Waals surface area contributed by atoms with Gasteiger partial charge in [0, 0.05) is 16.8 Å². The molecular formula is C15H17N5OS2. The second-order valence-electron chi connectivity index (χ2n) is 5.56. The first-order chi connectivity index (χ1) is 11.1. The molecule has 6 nitrogen and oxygen atoms in total. The zero-order valence-electron chi connectivity index (χ0n) is 13.3. The van der Waals surface area contributed by atoms with Gasteiger partial charge in [-0.15, -0.1) is 21.5 Å². The molecule has 3 aromatic rings. The van der Waals surface area contributed by atoms with E-state index in [4.69, 9.17) is 4.74 Å². The van der Waals surface area contributed by atoms with Crippen LogP contribution < -0.4 is 0 Å². The number of aryl methyl sites for hydroxylation is 3. The van der Waals surface area contributed by atoms with E-state index in [0.29, 0.717) is 6.61 Å². The Hall–Kier alpha value is -1.51. The van der Waals surface area contributed by atoms with Crippen molar-refractivity contribution in [3.8, 4) is 0 Å². The third kappa shape index (κ3) is 2.64. The fourth-order valence-corrected chi connectivity index (χ4v) is 4.92. The zero-order valence-corrected chi connectivity index (χ0v) is 14.9. The second-order valence-corrected chi connectivity index (χ2v) is 7.73. The highest BCUT2D eigenvalue weighted by Gasteiger charge is 2.18. The fourth-order valence-electron chi connectivity index (χ4n) is 2.72. The number of thioether (sulfide) groups is 1. The largest absolute Gasteiger partial charge is 0.372 e. The van der Waals surface area contributed by atoms with E-state index in [2.05, 4.69) is 38.6 Å². The highest BCUT2D eigenvalue weighted by Crippen LogP contribution is 2.36. The van der Waals surface area contributed by atoms with Crippen molar-refractivity contribution in [3.05, 3.63) is 27.9 Å². The molecule has 0 atom stereocenters. The molecule has 8 heteroatoms. The first-order valence-corrected chi connectivity index (χ1v) is 9.29. The Morgan fingerprint density at radius 2 is 2.09 bits per heavy atom. The van der Waals surface area contributed by atoms with E-state index in [1.807, 2.05) is 6.92 Å². The van der Waals surface area contributed by atoms with E-state index >= 15 is 0 Å². The SMILES string of the molecule is Cc1nc(SCc2nnc3n2CCOC3)c2c(C)c(C)sc2n1. The Kier molecular flexibility index (Phi) is 3.82. The summed E-state index contributed by atoms with van der Waals surface area (Å²) in [6.07, 6.45) is 0. The lowest BCUT2D eigenvalue weighted by atomic mass is 10.2. The zero-order chi connectivity index (χ0) is 16.0. The summed E-state index contributed by atoms with van der Waals surface area (Å²) in [5.41, 5.74) is 1.28. The minimum Gasteiger partial charge on any atom is -0.372 e. The second kappa shape index (κ2) is 5.85. The number of thiophene rings is 1. The maximum atomic E-state index is 5.41. The lowest BCUT2D eigenvalue weighted by Crippen LogP contribution is -2.18. The molecule has 0 saturated carbocycles. The Labute approximate surface area is 142 Å². The minimum absolute atomic E-state index is 0.553. The average Bonchev–Trinajstić information content (AvgIpc) is 3.07. The Morgan fingerprint density at radius 3 is 2.96 bits per heavy atom. The van der Waals surface area contributed by atoms with Gasteiger partial charge >= 0.3 is 0 Å². The van der Waals surface area contributed by atoms with Gasteiger partial charge < -0.3 is 9.30 Å². The molecule has 0 aromatic carbocycles. The normalized spacial score (nSPS) is 14.4. The van der Waals surface area contributed by atoms with Crippen LogP contribution in [0, 0.1) is 20.8 Å². The highest BCUT2D eigenvalue weighted by molar-refractivity contribution is 7.98. The summed E-state index contributed by atoms with van der Waals surface area (Å²) >= 11 is 3.45. The van der Waals surface area contributed by atoms with Gasteiger partial charge in [-0.1, -0.05) is 11.8 Å². The van der Waals surface area contributed by atoms with Crippen LogP contribution in [0.4, 0.5) is 0 Å². The maximum Gasteiger partial charge on any atom is 0.159 e. The van der Waals surface area contributed by atoms with Crippen LogP contribution in [-0.2, 0) is 23.6 Å². The molecule has 0 fully saturated rings. The van der Waals surface area contributed by atoms with Crippen molar-refractivity contribution < 1.29 is 4.74 Å². The van der Waals surface area contributed by atoms with E-state index in [1.54, 1.807) is 23.1 Å². The van der Waals surface area contributed by atoms with Crippen molar-refractivity contribution in [3.63, 3.8) is 0 Å². The van der Waals surface area contributed by atoms with Gasteiger partial charge in [0.2, 0.25) is 0 Å². The topological polar surface area (TPSA) is 65.7 Å². The molecule has 4 rings (SSSR count). The molecule has 0 spiro atoms. The molecule has 1 aliphatic heterocycles. The van der Waals surface area contributed by atoms with Crippen molar-refractivity contribution in [2.45, 2.75) is 44.7 Å². The molecule has 120 valence electrons. The summed E-state index contributed by atoms with van der Waals surface area (Å²) in [5, 5.41) is 10.8. The van der Waals surface area contributed by atoms with Crippen LogP contribution in [0.15, 0.2) is 5.03 Å². The number of rotatable bonds is 3. The summed E-state index contributed by atoms with van der Waals surface area (Å²) in [5.74, 6) is 3.48. The van der Waals surface area contributed by atoms with Gasteiger partial charge in [0.25, 0.3) is 0 Å². The van der Waals surface area contributed by atoms with Gasteiger partial charge in [-0.2, -0.15) is 0 Å². The molecule has 0 radical (unpaired) electrons. The Balaban J connectivity index is 1.67. The van der Waals surface area contributed by atoms with Gasteiger partial charge in [0.15, 0.2) is 5.82 Å². The van der Waals surface area contributed by atoms with E-state index < -0.39 is 0 Å². The maximum absolute atomic E-state index is 5.41. The van der Waals surface area contributed by atoms with Crippen molar-refractivity contribution in [1.29, 1.82) is 0 Å². The first kappa shape index (κ1) is 15.0. The number of fused-ring (bicyclic) bond motifs is 2. The van der Waals surface area contributed by atoms with Crippen LogP contribution in [0.25, 0.3) is 10.2 Å². The van der Waals surface area contributed by atoms with Crippen LogP contribution in [-0.4, -0.2) is 31.3 Å².